The second kappa shape index (κ2) is 8.14. The summed E-state index contributed by atoms with van der Waals surface area (Å²) in [6.07, 6.45) is 0. The molecule has 1 heterocycles. The number of carbonyl (C=O) groups is 1. The monoisotopic (exact) mass is 398 g/mol. The van der Waals surface area contributed by atoms with E-state index in [1.165, 1.54) is 23.9 Å². The normalized spacial score (nSPS) is 12.6. The van der Waals surface area contributed by atoms with Crippen molar-refractivity contribution in [3.05, 3.63) is 60.4 Å². The number of halogens is 1. The number of nitrogens with one attached hydrogen (secondary N) is 1. The third-order valence-corrected chi connectivity index (χ3v) is 4.94. The van der Waals surface area contributed by atoms with Gasteiger partial charge < -0.3 is 5.32 Å². The number of benzene rings is 2. The van der Waals surface area contributed by atoms with Crippen LogP contribution in [0.3, 0.4) is 0 Å². The Bertz CT molecular complexity index is 949. The van der Waals surface area contributed by atoms with E-state index in [1.807, 2.05) is 62.6 Å². The van der Waals surface area contributed by atoms with Gasteiger partial charge in [-0.15, -0.1) is 10.2 Å². The zero-order valence-electron chi connectivity index (χ0n) is 16.3. The fourth-order valence-corrected chi connectivity index (χ4v) is 3.49. The Kier molecular flexibility index (Phi) is 5.84. The molecule has 0 saturated heterocycles. The van der Waals surface area contributed by atoms with E-state index in [4.69, 9.17) is 0 Å². The maximum atomic E-state index is 13.4. The van der Waals surface area contributed by atoms with Gasteiger partial charge in [0.05, 0.1) is 5.25 Å². The van der Waals surface area contributed by atoms with Crippen molar-refractivity contribution in [3.8, 4) is 17.1 Å². The standard InChI is InChI=1S/C21H23FN4OS/c1-14(19(27)23-21(2,3)4)28-20-25-24-18(15-8-6-5-7-9-15)26(20)17-12-10-16(22)11-13-17/h5-14H,1-4H3,(H,23,27). The molecule has 0 bridgehead atoms. The Morgan fingerprint density at radius 2 is 1.71 bits per heavy atom. The molecule has 1 unspecified atom stereocenters. The van der Waals surface area contributed by atoms with Gasteiger partial charge in [0.15, 0.2) is 11.0 Å². The van der Waals surface area contributed by atoms with Gasteiger partial charge in [-0.2, -0.15) is 0 Å². The van der Waals surface area contributed by atoms with E-state index in [0.717, 1.165) is 11.3 Å². The van der Waals surface area contributed by atoms with E-state index in [0.29, 0.717) is 11.0 Å². The van der Waals surface area contributed by atoms with Crippen LogP contribution in [0.5, 0.6) is 0 Å². The van der Waals surface area contributed by atoms with Crippen molar-refractivity contribution in [1.29, 1.82) is 0 Å². The number of hydrogen-bond acceptors (Lipinski definition) is 4. The summed E-state index contributed by atoms with van der Waals surface area (Å²) in [6, 6.07) is 15.8. The molecule has 28 heavy (non-hydrogen) atoms. The minimum Gasteiger partial charge on any atom is -0.351 e. The van der Waals surface area contributed by atoms with Crippen molar-refractivity contribution in [2.45, 2.75) is 43.6 Å². The summed E-state index contributed by atoms with van der Waals surface area (Å²) in [6.45, 7) is 7.65. The van der Waals surface area contributed by atoms with Gasteiger partial charge >= 0.3 is 0 Å². The number of carbonyl (C=O) groups excluding carboxylic acids is 1. The van der Waals surface area contributed by atoms with Crippen molar-refractivity contribution in [2.75, 3.05) is 0 Å². The lowest BCUT2D eigenvalue weighted by Crippen LogP contribution is -2.44. The molecule has 1 atom stereocenters. The van der Waals surface area contributed by atoms with E-state index >= 15 is 0 Å². The summed E-state index contributed by atoms with van der Waals surface area (Å²) in [5, 5.41) is 11.8. The van der Waals surface area contributed by atoms with Gasteiger partial charge in [0.1, 0.15) is 5.82 Å². The second-order valence-corrected chi connectivity index (χ2v) is 8.79. The number of rotatable bonds is 5. The topological polar surface area (TPSA) is 59.8 Å². The van der Waals surface area contributed by atoms with Crippen LogP contribution in [0.25, 0.3) is 17.1 Å². The highest BCUT2D eigenvalue weighted by Crippen LogP contribution is 2.30. The van der Waals surface area contributed by atoms with Gasteiger partial charge in [0.25, 0.3) is 0 Å². The lowest BCUT2D eigenvalue weighted by molar-refractivity contribution is -0.121. The Hall–Kier alpha value is -2.67. The summed E-state index contributed by atoms with van der Waals surface area (Å²) in [4.78, 5) is 12.5. The molecule has 0 radical (unpaired) electrons. The van der Waals surface area contributed by atoms with E-state index in [9.17, 15) is 9.18 Å². The van der Waals surface area contributed by atoms with Crippen LogP contribution in [0.15, 0.2) is 59.8 Å². The smallest absolute Gasteiger partial charge is 0.233 e. The van der Waals surface area contributed by atoms with Gasteiger partial charge in [0, 0.05) is 16.8 Å². The summed E-state index contributed by atoms with van der Waals surface area (Å²) >= 11 is 1.32. The van der Waals surface area contributed by atoms with Gasteiger partial charge in [-0.25, -0.2) is 4.39 Å². The summed E-state index contributed by atoms with van der Waals surface area (Å²) in [5.41, 5.74) is 1.31. The first-order chi connectivity index (χ1) is 13.2. The molecule has 0 fully saturated rings. The van der Waals surface area contributed by atoms with Crippen molar-refractivity contribution in [3.63, 3.8) is 0 Å². The minimum absolute atomic E-state index is 0.0765. The van der Waals surface area contributed by atoms with Crippen LogP contribution in [-0.2, 0) is 4.79 Å². The molecule has 7 heteroatoms. The first-order valence-electron chi connectivity index (χ1n) is 9.00. The molecular formula is C21H23FN4OS. The Balaban J connectivity index is 1.98. The second-order valence-electron chi connectivity index (χ2n) is 7.48. The quantitative estimate of drug-likeness (QED) is 0.644. The van der Waals surface area contributed by atoms with E-state index in [2.05, 4.69) is 15.5 Å². The Labute approximate surface area is 168 Å². The summed E-state index contributed by atoms with van der Waals surface area (Å²) in [5.74, 6) is 0.246. The number of thioether (sulfide) groups is 1. The van der Waals surface area contributed by atoms with Crippen LogP contribution in [-0.4, -0.2) is 31.5 Å². The SMILES string of the molecule is CC(Sc1nnc(-c2ccccc2)n1-c1ccc(F)cc1)C(=O)NC(C)(C)C. The van der Waals surface area contributed by atoms with Crippen molar-refractivity contribution < 1.29 is 9.18 Å². The van der Waals surface area contributed by atoms with Crippen LogP contribution in [0.4, 0.5) is 4.39 Å². The maximum Gasteiger partial charge on any atom is 0.233 e. The highest BCUT2D eigenvalue weighted by molar-refractivity contribution is 8.00. The molecule has 0 aliphatic rings. The van der Waals surface area contributed by atoms with Crippen molar-refractivity contribution in [2.24, 2.45) is 0 Å². The molecule has 1 N–H and O–H groups in total. The summed E-state index contributed by atoms with van der Waals surface area (Å²) < 4.78 is 15.3. The molecule has 0 saturated carbocycles. The van der Waals surface area contributed by atoms with Gasteiger partial charge in [-0.3, -0.25) is 9.36 Å². The van der Waals surface area contributed by atoms with Gasteiger partial charge in [-0.1, -0.05) is 42.1 Å². The average molecular weight is 399 g/mol. The summed E-state index contributed by atoms with van der Waals surface area (Å²) in [7, 11) is 0. The lowest BCUT2D eigenvalue weighted by atomic mass is 10.1. The largest absolute Gasteiger partial charge is 0.351 e. The van der Waals surface area contributed by atoms with E-state index in [1.54, 1.807) is 12.1 Å². The lowest BCUT2D eigenvalue weighted by Gasteiger charge is -2.23. The molecule has 0 aliphatic heterocycles. The average Bonchev–Trinajstić information content (AvgIpc) is 3.05. The first-order valence-corrected chi connectivity index (χ1v) is 9.88. The predicted octanol–water partition coefficient (Wildman–Crippen LogP) is 4.47. The van der Waals surface area contributed by atoms with Crippen LogP contribution in [0, 0.1) is 5.82 Å². The molecule has 1 aromatic heterocycles. The van der Waals surface area contributed by atoms with Crippen molar-refractivity contribution >= 4 is 17.7 Å². The molecule has 3 rings (SSSR count). The predicted molar refractivity (Wildman–Crippen MR) is 110 cm³/mol. The number of aromatic nitrogens is 3. The van der Waals surface area contributed by atoms with Crippen LogP contribution < -0.4 is 5.32 Å². The zero-order valence-corrected chi connectivity index (χ0v) is 17.1. The molecule has 146 valence electrons. The van der Waals surface area contributed by atoms with Gasteiger partial charge in [-0.05, 0) is 52.0 Å². The molecule has 5 nitrogen and oxygen atoms in total. The number of hydrogen-bond donors (Lipinski definition) is 1. The Morgan fingerprint density at radius 1 is 1.07 bits per heavy atom. The van der Waals surface area contributed by atoms with Crippen LogP contribution in [0.1, 0.15) is 27.7 Å². The number of amides is 1. The van der Waals surface area contributed by atoms with Crippen LogP contribution >= 0.6 is 11.8 Å². The molecule has 1 amide bonds. The molecule has 0 aliphatic carbocycles. The maximum absolute atomic E-state index is 13.4. The van der Waals surface area contributed by atoms with Crippen molar-refractivity contribution in [1.82, 2.24) is 20.1 Å². The highest BCUT2D eigenvalue weighted by Gasteiger charge is 2.24. The first kappa shape index (κ1) is 20.1. The fourth-order valence-electron chi connectivity index (χ4n) is 2.63. The molecule has 0 spiro atoms. The zero-order chi connectivity index (χ0) is 20.3. The Morgan fingerprint density at radius 3 is 2.32 bits per heavy atom. The third-order valence-electron chi connectivity index (χ3n) is 3.90. The molecular weight excluding hydrogens is 375 g/mol. The molecule has 3 aromatic rings. The minimum atomic E-state index is -0.369. The van der Waals surface area contributed by atoms with Crippen LogP contribution in [0.2, 0.25) is 0 Å². The number of nitrogens with zero attached hydrogens (tertiary/aromatic N) is 3. The van der Waals surface area contributed by atoms with E-state index < -0.39 is 0 Å². The fraction of sp³-hybridized carbons (Fsp3) is 0.286. The van der Waals surface area contributed by atoms with E-state index in [-0.39, 0.29) is 22.5 Å². The van der Waals surface area contributed by atoms with Gasteiger partial charge in [0.2, 0.25) is 5.91 Å². The molecule has 2 aromatic carbocycles. The highest BCUT2D eigenvalue weighted by atomic mass is 32.2. The third kappa shape index (κ3) is 4.78.